The zero-order chi connectivity index (χ0) is 20.1. The number of halogens is 2. The summed E-state index contributed by atoms with van der Waals surface area (Å²) in [6, 6.07) is 12.9. The maximum Gasteiger partial charge on any atom is 0.288 e. The summed E-state index contributed by atoms with van der Waals surface area (Å²) >= 11 is 0. The smallest absolute Gasteiger partial charge is 0.288 e. The van der Waals surface area contributed by atoms with Gasteiger partial charge in [0.1, 0.15) is 17.3 Å². The van der Waals surface area contributed by atoms with E-state index in [-0.39, 0.29) is 5.69 Å². The minimum atomic E-state index is -1.05. The lowest BCUT2D eigenvalue weighted by Crippen LogP contribution is -2.46. The van der Waals surface area contributed by atoms with Crippen molar-refractivity contribution in [3.63, 3.8) is 0 Å². The molecule has 28 heavy (non-hydrogen) atoms. The number of nitrogens with one attached hydrogen (secondary N) is 3. The third-order valence-electron chi connectivity index (χ3n) is 3.73. The van der Waals surface area contributed by atoms with Crippen molar-refractivity contribution in [1.82, 2.24) is 21.2 Å². The standard InChI is InChI=1S/C19H14F2N4O3/c20-12-6-7-13(14(21)9-12)18(27)22-10-17(26)24-25-19(28)16-8-5-11-3-1-2-4-15(11)23-16/h1-9H,10H2,(H,22,27)(H,24,26)(H,25,28). The van der Waals surface area contributed by atoms with E-state index >= 15 is 0 Å². The van der Waals surface area contributed by atoms with E-state index in [9.17, 15) is 23.2 Å². The predicted molar refractivity (Wildman–Crippen MR) is 96.0 cm³/mol. The summed E-state index contributed by atoms with van der Waals surface area (Å²) in [5, 5.41) is 3.03. The molecule has 3 amide bonds. The normalized spacial score (nSPS) is 10.4. The van der Waals surface area contributed by atoms with E-state index in [1.54, 1.807) is 18.2 Å². The average Bonchev–Trinajstić information content (AvgIpc) is 2.69. The van der Waals surface area contributed by atoms with E-state index in [0.717, 1.165) is 17.5 Å². The number of aromatic nitrogens is 1. The fourth-order valence-corrected chi connectivity index (χ4v) is 2.36. The van der Waals surface area contributed by atoms with Gasteiger partial charge in [-0.25, -0.2) is 13.8 Å². The highest BCUT2D eigenvalue weighted by Gasteiger charge is 2.14. The number of carbonyl (C=O) groups excluding carboxylic acids is 3. The van der Waals surface area contributed by atoms with Crippen molar-refractivity contribution in [2.24, 2.45) is 0 Å². The van der Waals surface area contributed by atoms with Gasteiger partial charge in [-0.3, -0.25) is 25.2 Å². The van der Waals surface area contributed by atoms with Gasteiger partial charge in [0, 0.05) is 11.5 Å². The van der Waals surface area contributed by atoms with Crippen molar-refractivity contribution in [3.05, 3.63) is 77.5 Å². The van der Waals surface area contributed by atoms with Gasteiger partial charge in [-0.1, -0.05) is 24.3 Å². The second-order valence-corrected chi connectivity index (χ2v) is 5.70. The molecule has 3 N–H and O–H groups in total. The molecule has 2 aromatic carbocycles. The molecular weight excluding hydrogens is 370 g/mol. The van der Waals surface area contributed by atoms with Gasteiger partial charge in [-0.05, 0) is 24.3 Å². The maximum atomic E-state index is 13.5. The lowest BCUT2D eigenvalue weighted by atomic mass is 10.2. The molecule has 0 bridgehead atoms. The van der Waals surface area contributed by atoms with Gasteiger partial charge >= 0.3 is 0 Å². The summed E-state index contributed by atoms with van der Waals surface area (Å²) in [4.78, 5) is 39.8. The van der Waals surface area contributed by atoms with E-state index in [1.165, 1.54) is 6.07 Å². The van der Waals surface area contributed by atoms with Crippen molar-refractivity contribution in [2.45, 2.75) is 0 Å². The molecule has 1 aromatic heterocycles. The van der Waals surface area contributed by atoms with Crippen LogP contribution in [0.4, 0.5) is 8.78 Å². The van der Waals surface area contributed by atoms with Crippen LogP contribution in [0.1, 0.15) is 20.8 Å². The fraction of sp³-hybridized carbons (Fsp3) is 0.0526. The van der Waals surface area contributed by atoms with Crippen LogP contribution in [-0.2, 0) is 4.79 Å². The highest BCUT2D eigenvalue weighted by Crippen LogP contribution is 2.11. The van der Waals surface area contributed by atoms with Crippen molar-refractivity contribution in [1.29, 1.82) is 0 Å². The van der Waals surface area contributed by atoms with Crippen LogP contribution in [0.5, 0.6) is 0 Å². The van der Waals surface area contributed by atoms with Crippen LogP contribution in [-0.4, -0.2) is 29.3 Å². The molecule has 0 saturated carbocycles. The first-order valence-electron chi connectivity index (χ1n) is 8.12. The Balaban J connectivity index is 1.51. The Labute approximate surface area is 157 Å². The van der Waals surface area contributed by atoms with Gasteiger partial charge in [0.15, 0.2) is 0 Å². The van der Waals surface area contributed by atoms with Gasteiger partial charge in [0.05, 0.1) is 17.6 Å². The summed E-state index contributed by atoms with van der Waals surface area (Å²) in [6.45, 7) is -0.527. The minimum Gasteiger partial charge on any atom is -0.343 e. The molecule has 3 aromatic rings. The van der Waals surface area contributed by atoms with Crippen molar-refractivity contribution < 1.29 is 23.2 Å². The summed E-state index contributed by atoms with van der Waals surface area (Å²) in [6.07, 6.45) is 0. The molecule has 0 aliphatic heterocycles. The molecule has 0 atom stereocenters. The Morgan fingerprint density at radius 1 is 0.893 bits per heavy atom. The van der Waals surface area contributed by atoms with E-state index in [4.69, 9.17) is 0 Å². The topological polar surface area (TPSA) is 100 Å². The third-order valence-corrected chi connectivity index (χ3v) is 3.73. The van der Waals surface area contributed by atoms with Gasteiger partial charge in [0.25, 0.3) is 17.7 Å². The van der Waals surface area contributed by atoms with Crippen LogP contribution in [0.15, 0.2) is 54.6 Å². The third kappa shape index (κ3) is 4.44. The average molecular weight is 384 g/mol. The van der Waals surface area contributed by atoms with Gasteiger partial charge < -0.3 is 5.32 Å². The minimum absolute atomic E-state index is 0.0939. The van der Waals surface area contributed by atoms with Crippen molar-refractivity contribution >= 4 is 28.6 Å². The van der Waals surface area contributed by atoms with Gasteiger partial charge in [-0.2, -0.15) is 0 Å². The Kier molecular flexibility index (Phi) is 5.54. The summed E-state index contributed by atoms with van der Waals surface area (Å²) in [7, 11) is 0. The first-order valence-corrected chi connectivity index (χ1v) is 8.12. The highest BCUT2D eigenvalue weighted by molar-refractivity contribution is 5.98. The fourth-order valence-electron chi connectivity index (χ4n) is 2.36. The number of hydrogen-bond donors (Lipinski definition) is 3. The molecule has 3 rings (SSSR count). The first-order chi connectivity index (χ1) is 13.4. The number of rotatable bonds is 4. The molecule has 0 spiro atoms. The monoisotopic (exact) mass is 384 g/mol. The number of carbonyl (C=O) groups is 3. The SMILES string of the molecule is O=C(CNC(=O)c1ccc(F)cc1F)NNC(=O)c1ccc2ccccc2n1. The molecular formula is C19H14F2N4O3. The number of hydrogen-bond acceptors (Lipinski definition) is 4. The second kappa shape index (κ2) is 8.21. The summed E-state index contributed by atoms with van der Waals surface area (Å²) in [5.41, 5.74) is 4.59. The first kappa shape index (κ1) is 18.9. The Morgan fingerprint density at radius 3 is 2.46 bits per heavy atom. The number of para-hydroxylation sites is 1. The van der Waals surface area contributed by atoms with Crippen LogP contribution in [0.3, 0.4) is 0 Å². The summed E-state index contributed by atoms with van der Waals surface area (Å²) < 4.78 is 26.4. The lowest BCUT2D eigenvalue weighted by Gasteiger charge is -2.09. The quantitative estimate of drug-likeness (QED) is 0.596. The van der Waals surface area contributed by atoms with Crippen LogP contribution < -0.4 is 16.2 Å². The molecule has 0 radical (unpaired) electrons. The molecule has 142 valence electrons. The van der Waals surface area contributed by atoms with E-state index < -0.39 is 41.5 Å². The number of nitrogens with zero attached hydrogens (tertiary/aromatic N) is 1. The summed E-state index contributed by atoms with van der Waals surface area (Å²) in [5.74, 6) is -4.15. The Morgan fingerprint density at radius 2 is 1.68 bits per heavy atom. The van der Waals surface area contributed by atoms with Crippen LogP contribution >= 0.6 is 0 Å². The van der Waals surface area contributed by atoms with Crippen molar-refractivity contribution in [2.75, 3.05) is 6.54 Å². The second-order valence-electron chi connectivity index (χ2n) is 5.70. The molecule has 7 nitrogen and oxygen atoms in total. The molecule has 0 unspecified atom stereocenters. The van der Waals surface area contributed by atoms with E-state index in [2.05, 4.69) is 21.2 Å². The zero-order valence-electron chi connectivity index (χ0n) is 14.3. The van der Waals surface area contributed by atoms with Gasteiger partial charge in [-0.15, -0.1) is 0 Å². The number of amides is 3. The lowest BCUT2D eigenvalue weighted by molar-refractivity contribution is -0.120. The largest absolute Gasteiger partial charge is 0.343 e. The molecule has 1 heterocycles. The highest BCUT2D eigenvalue weighted by atomic mass is 19.1. The molecule has 0 aliphatic rings. The van der Waals surface area contributed by atoms with Gasteiger partial charge in [0.2, 0.25) is 0 Å². The van der Waals surface area contributed by atoms with Crippen molar-refractivity contribution in [3.8, 4) is 0 Å². The molecule has 9 heteroatoms. The van der Waals surface area contributed by atoms with Crippen LogP contribution in [0, 0.1) is 11.6 Å². The maximum absolute atomic E-state index is 13.5. The van der Waals surface area contributed by atoms with Crippen LogP contribution in [0.2, 0.25) is 0 Å². The number of fused-ring (bicyclic) bond motifs is 1. The Hall–Kier alpha value is -3.88. The molecule has 0 fully saturated rings. The number of benzene rings is 2. The molecule has 0 saturated heterocycles. The molecule has 0 aliphatic carbocycles. The predicted octanol–water partition coefficient (Wildman–Crippen LogP) is 1.70. The van der Waals surface area contributed by atoms with Crippen LogP contribution in [0.25, 0.3) is 10.9 Å². The van der Waals surface area contributed by atoms with E-state index in [1.807, 2.05) is 12.1 Å². The zero-order valence-corrected chi connectivity index (χ0v) is 14.3. The van der Waals surface area contributed by atoms with E-state index in [0.29, 0.717) is 11.6 Å². The number of pyridine rings is 1. The Bertz CT molecular complexity index is 1070. The number of hydrazine groups is 1.